The maximum absolute atomic E-state index is 12.9. The third kappa shape index (κ3) is 6.41. The summed E-state index contributed by atoms with van der Waals surface area (Å²) in [6.07, 6.45) is 1.23. The van der Waals surface area contributed by atoms with Crippen molar-refractivity contribution in [3.05, 3.63) is 35.0 Å². The largest absolute Gasteiger partial charge is 0.379 e. The molecule has 0 aromatic heterocycles. The standard InChI is InChI=1S/C20H27ClN6O4S/c21-18-2-1-17(32(29,30)27-9-11-31-12-10-27)13-19(18)25-15-16(14-22)20(28)24-5-8-26-6-3-23-4-7-26/h1-2,13,15,23,25H,3-12H2,(H,24,28)/b16-15-. The highest BCUT2D eigenvalue weighted by Gasteiger charge is 2.26. The molecule has 2 saturated heterocycles. The second-order valence-corrected chi connectivity index (χ2v) is 9.66. The molecule has 10 nitrogen and oxygen atoms in total. The van der Waals surface area contributed by atoms with Crippen LogP contribution in [0.5, 0.6) is 0 Å². The second kappa shape index (κ2) is 11.6. The van der Waals surface area contributed by atoms with Gasteiger partial charge in [0.15, 0.2) is 0 Å². The maximum atomic E-state index is 12.9. The van der Waals surface area contributed by atoms with Gasteiger partial charge >= 0.3 is 0 Å². The number of morpholine rings is 1. The maximum Gasteiger partial charge on any atom is 0.263 e. The summed E-state index contributed by atoms with van der Waals surface area (Å²) in [5.74, 6) is -0.511. The Kier molecular flexibility index (Phi) is 8.86. The first-order valence-electron chi connectivity index (χ1n) is 10.4. The number of nitrogens with one attached hydrogen (secondary N) is 3. The number of sulfonamides is 1. The first-order chi connectivity index (χ1) is 15.4. The van der Waals surface area contributed by atoms with Gasteiger partial charge < -0.3 is 20.7 Å². The van der Waals surface area contributed by atoms with Crippen molar-refractivity contribution in [2.24, 2.45) is 0 Å². The summed E-state index contributed by atoms with van der Waals surface area (Å²) in [5, 5.41) is 18.4. The summed E-state index contributed by atoms with van der Waals surface area (Å²) in [6, 6.07) is 6.14. The molecule has 2 aliphatic heterocycles. The number of hydrogen-bond acceptors (Lipinski definition) is 8. The highest BCUT2D eigenvalue weighted by Crippen LogP contribution is 2.27. The van der Waals surface area contributed by atoms with E-state index in [4.69, 9.17) is 16.3 Å². The summed E-state index contributed by atoms with van der Waals surface area (Å²) in [6.45, 7) is 6.04. The van der Waals surface area contributed by atoms with Gasteiger partial charge in [-0.3, -0.25) is 9.69 Å². The van der Waals surface area contributed by atoms with Crippen molar-refractivity contribution in [3.63, 3.8) is 0 Å². The smallest absolute Gasteiger partial charge is 0.263 e. The first-order valence-corrected chi connectivity index (χ1v) is 12.2. The van der Waals surface area contributed by atoms with Crippen molar-refractivity contribution in [2.75, 3.05) is 70.9 Å². The van der Waals surface area contributed by atoms with Crippen molar-refractivity contribution >= 4 is 33.2 Å². The Morgan fingerprint density at radius 3 is 2.66 bits per heavy atom. The van der Waals surface area contributed by atoms with Gasteiger partial charge in [-0.15, -0.1) is 0 Å². The van der Waals surface area contributed by atoms with E-state index in [1.54, 1.807) is 0 Å². The lowest BCUT2D eigenvalue weighted by molar-refractivity contribution is -0.117. The van der Waals surface area contributed by atoms with Gasteiger partial charge in [0.1, 0.15) is 11.6 Å². The van der Waals surface area contributed by atoms with E-state index in [0.717, 1.165) is 26.2 Å². The van der Waals surface area contributed by atoms with E-state index in [0.29, 0.717) is 26.3 Å². The number of carbonyl (C=O) groups excluding carboxylic acids is 1. The van der Waals surface area contributed by atoms with Crippen LogP contribution >= 0.6 is 11.6 Å². The number of carbonyl (C=O) groups is 1. The van der Waals surface area contributed by atoms with E-state index in [2.05, 4.69) is 20.9 Å². The lowest BCUT2D eigenvalue weighted by Crippen LogP contribution is -2.46. The molecule has 0 bridgehead atoms. The summed E-state index contributed by atoms with van der Waals surface area (Å²) in [7, 11) is -3.70. The van der Waals surface area contributed by atoms with Crippen LogP contribution in [-0.2, 0) is 19.6 Å². The van der Waals surface area contributed by atoms with Gasteiger partial charge in [0.2, 0.25) is 10.0 Å². The fraction of sp³-hybridized carbons (Fsp3) is 0.500. The van der Waals surface area contributed by atoms with E-state index in [1.807, 2.05) is 6.07 Å². The van der Waals surface area contributed by atoms with Crippen LogP contribution in [0.25, 0.3) is 0 Å². The van der Waals surface area contributed by atoms with Crippen molar-refractivity contribution < 1.29 is 17.9 Å². The molecule has 1 amide bonds. The van der Waals surface area contributed by atoms with Crippen molar-refractivity contribution in [1.82, 2.24) is 19.8 Å². The van der Waals surface area contributed by atoms with Gasteiger partial charge in [-0.05, 0) is 18.2 Å². The first kappa shape index (κ1) is 24.4. The molecule has 0 saturated carbocycles. The molecule has 32 heavy (non-hydrogen) atoms. The Morgan fingerprint density at radius 1 is 1.25 bits per heavy atom. The molecule has 0 unspecified atom stereocenters. The number of benzene rings is 1. The Bertz CT molecular complexity index is 982. The van der Waals surface area contributed by atoms with Crippen LogP contribution in [0.3, 0.4) is 0 Å². The van der Waals surface area contributed by atoms with E-state index in [1.165, 1.54) is 28.7 Å². The fourth-order valence-electron chi connectivity index (χ4n) is 3.37. The van der Waals surface area contributed by atoms with Gasteiger partial charge in [-0.1, -0.05) is 11.6 Å². The number of halogens is 1. The molecule has 3 N–H and O–H groups in total. The molecular formula is C20H27ClN6O4S. The average molecular weight is 483 g/mol. The minimum atomic E-state index is -3.70. The van der Waals surface area contributed by atoms with Crippen LogP contribution in [0.4, 0.5) is 5.69 Å². The molecule has 2 heterocycles. The van der Waals surface area contributed by atoms with Crippen molar-refractivity contribution in [2.45, 2.75) is 4.90 Å². The summed E-state index contributed by atoms with van der Waals surface area (Å²) < 4.78 is 32.3. The van der Waals surface area contributed by atoms with Gasteiger partial charge in [0.05, 0.1) is 28.8 Å². The van der Waals surface area contributed by atoms with E-state index in [-0.39, 0.29) is 34.3 Å². The molecule has 0 spiro atoms. The zero-order valence-corrected chi connectivity index (χ0v) is 19.2. The molecule has 0 aliphatic carbocycles. The van der Waals surface area contributed by atoms with Gasteiger partial charge in [-0.25, -0.2) is 8.42 Å². The third-order valence-corrected chi connectivity index (χ3v) is 7.43. The Hall–Kier alpha value is -2.20. The number of amides is 1. The topological polar surface area (TPSA) is 127 Å². The molecule has 0 atom stereocenters. The normalized spacial score (nSPS) is 18.7. The number of hydrogen-bond donors (Lipinski definition) is 3. The summed E-state index contributed by atoms with van der Waals surface area (Å²) in [5.41, 5.74) is 0.144. The van der Waals surface area contributed by atoms with Crippen LogP contribution in [0, 0.1) is 11.3 Å². The minimum absolute atomic E-state index is 0.0682. The van der Waals surface area contributed by atoms with Crippen molar-refractivity contribution in [3.8, 4) is 6.07 Å². The Morgan fingerprint density at radius 2 is 1.97 bits per heavy atom. The summed E-state index contributed by atoms with van der Waals surface area (Å²) >= 11 is 6.19. The average Bonchev–Trinajstić information content (AvgIpc) is 2.81. The molecule has 174 valence electrons. The monoisotopic (exact) mass is 482 g/mol. The SMILES string of the molecule is N#C/C(=C/Nc1cc(S(=O)(=O)N2CCOCC2)ccc1Cl)C(=O)NCCN1CCNCC1. The van der Waals surface area contributed by atoms with Crippen LogP contribution < -0.4 is 16.0 Å². The van der Waals surface area contributed by atoms with E-state index in [9.17, 15) is 18.5 Å². The number of rotatable bonds is 8. The van der Waals surface area contributed by atoms with Gasteiger partial charge in [0.25, 0.3) is 5.91 Å². The van der Waals surface area contributed by atoms with E-state index >= 15 is 0 Å². The predicted molar refractivity (Wildman–Crippen MR) is 121 cm³/mol. The third-order valence-electron chi connectivity index (χ3n) is 5.21. The van der Waals surface area contributed by atoms with Crippen LogP contribution in [0.2, 0.25) is 5.02 Å². The Labute approximate surface area is 193 Å². The van der Waals surface area contributed by atoms with Crippen molar-refractivity contribution in [1.29, 1.82) is 5.26 Å². The number of nitrogens with zero attached hydrogens (tertiary/aromatic N) is 3. The number of ether oxygens (including phenoxy) is 1. The molecule has 2 aliphatic rings. The van der Waals surface area contributed by atoms with Crippen LogP contribution in [0.1, 0.15) is 0 Å². The predicted octanol–water partition coefficient (Wildman–Crippen LogP) is 0.202. The highest BCUT2D eigenvalue weighted by atomic mass is 35.5. The van der Waals surface area contributed by atoms with Crippen LogP contribution in [0.15, 0.2) is 34.9 Å². The fourth-order valence-corrected chi connectivity index (χ4v) is 4.97. The van der Waals surface area contributed by atoms with Gasteiger partial charge in [0, 0.05) is 58.6 Å². The molecular weight excluding hydrogens is 456 g/mol. The molecule has 0 radical (unpaired) electrons. The number of piperazine rings is 1. The number of anilines is 1. The Balaban J connectivity index is 1.63. The molecule has 12 heteroatoms. The van der Waals surface area contributed by atoms with E-state index < -0.39 is 15.9 Å². The molecule has 2 fully saturated rings. The zero-order valence-electron chi connectivity index (χ0n) is 17.6. The lowest BCUT2D eigenvalue weighted by Gasteiger charge is -2.27. The van der Waals surface area contributed by atoms with Gasteiger partial charge in [-0.2, -0.15) is 9.57 Å². The summed E-state index contributed by atoms with van der Waals surface area (Å²) in [4.78, 5) is 14.6. The molecule has 1 aromatic carbocycles. The molecule has 1 aromatic rings. The highest BCUT2D eigenvalue weighted by molar-refractivity contribution is 7.89. The quantitative estimate of drug-likeness (QED) is 0.354. The zero-order chi connectivity index (χ0) is 23.0. The minimum Gasteiger partial charge on any atom is -0.379 e. The van der Waals surface area contributed by atoms with Crippen LogP contribution in [-0.4, -0.2) is 89.1 Å². The second-order valence-electron chi connectivity index (χ2n) is 7.32. The molecule has 3 rings (SSSR count). The number of nitriles is 1. The lowest BCUT2D eigenvalue weighted by atomic mass is 10.2.